The number of hydrogen-bond donors (Lipinski definition) is 1. The molecular formula is C18H20ClNO3. The number of carbonyl (C=O) groups excluding carboxylic acids is 1. The number of aryl methyl sites for hydroxylation is 1. The van der Waals surface area contributed by atoms with Crippen molar-refractivity contribution in [3.63, 3.8) is 0 Å². The standard InChI is InChI=1S/C18H20ClNO3/c1-22-16-12-14(11-15(19)17(16)23-2)18(21)20-10-6-9-13-7-4-3-5-8-13/h3-5,7-8,11-12H,6,9-10H2,1-2H3,(H,20,21). The maximum atomic E-state index is 12.2. The highest BCUT2D eigenvalue weighted by Crippen LogP contribution is 2.35. The van der Waals surface area contributed by atoms with E-state index < -0.39 is 0 Å². The van der Waals surface area contributed by atoms with E-state index in [2.05, 4.69) is 17.4 Å². The molecule has 0 unspecified atom stereocenters. The van der Waals surface area contributed by atoms with E-state index in [0.29, 0.717) is 28.6 Å². The fourth-order valence-electron chi connectivity index (χ4n) is 2.29. The molecule has 0 spiro atoms. The van der Waals surface area contributed by atoms with Crippen LogP contribution >= 0.6 is 11.6 Å². The first-order valence-electron chi connectivity index (χ1n) is 7.39. The molecule has 0 aliphatic carbocycles. The lowest BCUT2D eigenvalue weighted by Gasteiger charge is -2.12. The predicted molar refractivity (Wildman–Crippen MR) is 91.7 cm³/mol. The molecule has 2 aromatic carbocycles. The fraction of sp³-hybridized carbons (Fsp3) is 0.278. The van der Waals surface area contributed by atoms with Gasteiger partial charge < -0.3 is 14.8 Å². The number of carbonyl (C=O) groups is 1. The number of hydrogen-bond acceptors (Lipinski definition) is 3. The molecule has 0 heterocycles. The topological polar surface area (TPSA) is 47.6 Å². The van der Waals surface area contributed by atoms with E-state index in [9.17, 15) is 4.79 Å². The van der Waals surface area contributed by atoms with Gasteiger partial charge in [-0.1, -0.05) is 41.9 Å². The number of methoxy groups -OCH3 is 2. The van der Waals surface area contributed by atoms with Crippen LogP contribution < -0.4 is 14.8 Å². The van der Waals surface area contributed by atoms with Crippen molar-refractivity contribution < 1.29 is 14.3 Å². The highest BCUT2D eigenvalue weighted by Gasteiger charge is 2.14. The summed E-state index contributed by atoms with van der Waals surface area (Å²) in [5.74, 6) is 0.685. The van der Waals surface area contributed by atoms with E-state index in [-0.39, 0.29) is 5.91 Å². The van der Waals surface area contributed by atoms with E-state index in [0.717, 1.165) is 12.8 Å². The molecule has 122 valence electrons. The van der Waals surface area contributed by atoms with Gasteiger partial charge in [0.15, 0.2) is 11.5 Å². The van der Waals surface area contributed by atoms with Gasteiger partial charge in [0.2, 0.25) is 0 Å². The molecule has 0 aromatic heterocycles. The Kier molecular flexibility index (Phi) is 6.29. The Balaban J connectivity index is 1.92. The predicted octanol–water partition coefficient (Wildman–Crippen LogP) is 3.72. The first kappa shape index (κ1) is 17.2. The second kappa shape index (κ2) is 8.44. The third kappa shape index (κ3) is 4.63. The van der Waals surface area contributed by atoms with Gasteiger partial charge in [-0.15, -0.1) is 0 Å². The smallest absolute Gasteiger partial charge is 0.251 e. The summed E-state index contributed by atoms with van der Waals surface area (Å²) >= 11 is 6.11. The lowest BCUT2D eigenvalue weighted by molar-refractivity contribution is 0.0953. The van der Waals surface area contributed by atoms with Gasteiger partial charge in [0.1, 0.15) is 0 Å². The average molecular weight is 334 g/mol. The summed E-state index contributed by atoms with van der Waals surface area (Å²) < 4.78 is 10.4. The van der Waals surface area contributed by atoms with Gasteiger partial charge in [-0.05, 0) is 30.5 Å². The molecule has 4 nitrogen and oxygen atoms in total. The van der Waals surface area contributed by atoms with Crippen LogP contribution in [0.25, 0.3) is 0 Å². The molecule has 2 aromatic rings. The van der Waals surface area contributed by atoms with Crippen LogP contribution in [0.1, 0.15) is 22.3 Å². The van der Waals surface area contributed by atoms with Crippen LogP contribution in [0.15, 0.2) is 42.5 Å². The fourth-order valence-corrected chi connectivity index (χ4v) is 2.58. The minimum Gasteiger partial charge on any atom is -0.493 e. The molecule has 0 saturated carbocycles. The van der Waals surface area contributed by atoms with E-state index >= 15 is 0 Å². The van der Waals surface area contributed by atoms with Gasteiger partial charge in [0.05, 0.1) is 19.2 Å². The Bertz CT molecular complexity index is 659. The molecule has 0 atom stereocenters. The van der Waals surface area contributed by atoms with Crippen LogP contribution in [0.3, 0.4) is 0 Å². The van der Waals surface area contributed by atoms with E-state index in [1.807, 2.05) is 18.2 Å². The van der Waals surface area contributed by atoms with Crippen LogP contribution in [0.4, 0.5) is 0 Å². The van der Waals surface area contributed by atoms with Gasteiger partial charge in [-0.3, -0.25) is 4.79 Å². The highest BCUT2D eigenvalue weighted by atomic mass is 35.5. The largest absolute Gasteiger partial charge is 0.493 e. The van der Waals surface area contributed by atoms with Crippen molar-refractivity contribution in [2.45, 2.75) is 12.8 Å². The zero-order chi connectivity index (χ0) is 16.7. The second-order valence-electron chi connectivity index (χ2n) is 5.04. The Morgan fingerprint density at radius 2 is 1.87 bits per heavy atom. The molecule has 0 aliphatic rings. The molecule has 0 fully saturated rings. The molecule has 23 heavy (non-hydrogen) atoms. The van der Waals surface area contributed by atoms with Crippen molar-refractivity contribution in [2.24, 2.45) is 0 Å². The molecule has 0 radical (unpaired) electrons. The summed E-state index contributed by atoms with van der Waals surface area (Å²) in [6, 6.07) is 13.4. The lowest BCUT2D eigenvalue weighted by atomic mass is 10.1. The first-order valence-corrected chi connectivity index (χ1v) is 7.77. The van der Waals surface area contributed by atoms with Crippen molar-refractivity contribution in [1.29, 1.82) is 0 Å². The van der Waals surface area contributed by atoms with Gasteiger partial charge in [-0.2, -0.15) is 0 Å². The summed E-state index contributed by atoms with van der Waals surface area (Å²) in [6.45, 7) is 0.597. The maximum absolute atomic E-state index is 12.2. The summed E-state index contributed by atoms with van der Waals surface area (Å²) in [7, 11) is 3.02. The quantitative estimate of drug-likeness (QED) is 0.785. The van der Waals surface area contributed by atoms with Crippen LogP contribution in [0, 0.1) is 0 Å². The monoisotopic (exact) mass is 333 g/mol. The van der Waals surface area contributed by atoms with Crippen molar-refractivity contribution >= 4 is 17.5 Å². The third-order valence-corrected chi connectivity index (χ3v) is 3.75. The van der Waals surface area contributed by atoms with Crippen LogP contribution in [0.2, 0.25) is 5.02 Å². The summed E-state index contributed by atoms with van der Waals surface area (Å²) in [4.78, 5) is 12.2. The number of amides is 1. The number of nitrogens with one attached hydrogen (secondary N) is 1. The Hall–Kier alpha value is -2.20. The third-order valence-electron chi connectivity index (χ3n) is 3.47. The minimum atomic E-state index is -0.180. The van der Waals surface area contributed by atoms with Crippen molar-refractivity contribution in [2.75, 3.05) is 20.8 Å². The Labute approximate surface area is 141 Å². The van der Waals surface area contributed by atoms with Crippen molar-refractivity contribution in [3.05, 3.63) is 58.6 Å². The summed E-state index contributed by atoms with van der Waals surface area (Å²) in [5.41, 5.74) is 1.71. The van der Waals surface area contributed by atoms with Crippen LogP contribution in [-0.4, -0.2) is 26.7 Å². The molecule has 1 amide bonds. The number of ether oxygens (including phenoxy) is 2. The molecule has 5 heteroatoms. The number of rotatable bonds is 7. The number of halogens is 1. The molecule has 2 rings (SSSR count). The highest BCUT2D eigenvalue weighted by molar-refractivity contribution is 6.32. The Morgan fingerprint density at radius 3 is 2.52 bits per heavy atom. The van der Waals surface area contributed by atoms with Crippen LogP contribution in [-0.2, 0) is 6.42 Å². The van der Waals surface area contributed by atoms with Gasteiger partial charge >= 0.3 is 0 Å². The average Bonchev–Trinajstić information content (AvgIpc) is 2.58. The van der Waals surface area contributed by atoms with E-state index in [1.165, 1.54) is 19.8 Å². The summed E-state index contributed by atoms with van der Waals surface area (Å²) in [5, 5.41) is 3.24. The maximum Gasteiger partial charge on any atom is 0.251 e. The van der Waals surface area contributed by atoms with E-state index in [4.69, 9.17) is 21.1 Å². The van der Waals surface area contributed by atoms with Gasteiger partial charge in [-0.25, -0.2) is 0 Å². The molecule has 0 saturated heterocycles. The molecule has 0 aliphatic heterocycles. The van der Waals surface area contributed by atoms with E-state index in [1.54, 1.807) is 12.1 Å². The van der Waals surface area contributed by atoms with Crippen molar-refractivity contribution in [1.82, 2.24) is 5.32 Å². The molecule has 0 bridgehead atoms. The first-order chi connectivity index (χ1) is 11.2. The van der Waals surface area contributed by atoms with Crippen LogP contribution in [0.5, 0.6) is 11.5 Å². The zero-order valence-corrected chi connectivity index (χ0v) is 14.0. The molecular weight excluding hydrogens is 314 g/mol. The molecule has 1 N–H and O–H groups in total. The van der Waals surface area contributed by atoms with Crippen molar-refractivity contribution in [3.8, 4) is 11.5 Å². The van der Waals surface area contributed by atoms with Gasteiger partial charge in [0.25, 0.3) is 5.91 Å². The SMILES string of the molecule is COc1cc(C(=O)NCCCc2ccccc2)cc(Cl)c1OC. The normalized spacial score (nSPS) is 10.2. The Morgan fingerprint density at radius 1 is 1.13 bits per heavy atom. The minimum absolute atomic E-state index is 0.180. The zero-order valence-electron chi connectivity index (χ0n) is 13.3. The summed E-state index contributed by atoms with van der Waals surface area (Å²) in [6.07, 6.45) is 1.80. The van der Waals surface area contributed by atoms with Gasteiger partial charge in [0, 0.05) is 12.1 Å². The number of benzene rings is 2. The second-order valence-corrected chi connectivity index (χ2v) is 5.45. The lowest BCUT2D eigenvalue weighted by Crippen LogP contribution is -2.24.